The summed E-state index contributed by atoms with van der Waals surface area (Å²) in [7, 11) is 2.07. The minimum atomic E-state index is 0. The third kappa shape index (κ3) is 4.80. The smallest absolute Gasteiger partial charge is 0.228 e. The Hall–Kier alpha value is -1.75. The zero-order valence-corrected chi connectivity index (χ0v) is 17.8. The quantitative estimate of drug-likeness (QED) is 0.746. The molecule has 1 heterocycles. The van der Waals surface area contributed by atoms with Crippen molar-refractivity contribution in [2.45, 2.75) is 25.8 Å². The minimum Gasteiger partial charge on any atom is -0.369 e. The van der Waals surface area contributed by atoms with Crippen molar-refractivity contribution in [2.24, 2.45) is 11.3 Å². The molecule has 4 nitrogen and oxygen atoms in total. The van der Waals surface area contributed by atoms with Crippen LogP contribution in [0.25, 0.3) is 0 Å². The van der Waals surface area contributed by atoms with Crippen molar-refractivity contribution in [3.63, 3.8) is 0 Å². The van der Waals surface area contributed by atoms with E-state index in [0.29, 0.717) is 0 Å². The van der Waals surface area contributed by atoms with Crippen molar-refractivity contribution in [2.75, 3.05) is 30.4 Å². The standard InChI is InChI=1S/C22H27N3O.2ClH/c1-25(16-17-7-3-2-4-8-17)20-10-6-5-9-19(20)24-21(26)18-15-22(18)11-13-23-14-12-22;;/h2-10,18,23H,11-16H2,1H3,(H,24,26);2*1H. The number of hydrogen-bond acceptors (Lipinski definition) is 3. The Labute approximate surface area is 179 Å². The number of carbonyl (C=O) groups is 1. The van der Waals surface area contributed by atoms with Crippen LogP contribution in [0.3, 0.4) is 0 Å². The Balaban J connectivity index is 0.00000140. The average molecular weight is 422 g/mol. The van der Waals surface area contributed by atoms with Crippen LogP contribution in [-0.2, 0) is 11.3 Å². The number of carbonyl (C=O) groups excluding carboxylic acids is 1. The second kappa shape index (κ2) is 9.64. The van der Waals surface area contributed by atoms with Crippen molar-refractivity contribution >= 4 is 42.1 Å². The largest absolute Gasteiger partial charge is 0.369 e. The Morgan fingerprint density at radius 3 is 2.43 bits per heavy atom. The van der Waals surface area contributed by atoms with Crippen LogP contribution in [0.5, 0.6) is 0 Å². The van der Waals surface area contributed by atoms with Gasteiger partial charge in [0.15, 0.2) is 0 Å². The molecule has 2 aromatic rings. The fourth-order valence-corrected chi connectivity index (χ4v) is 4.27. The molecule has 1 spiro atoms. The van der Waals surface area contributed by atoms with Crippen LogP contribution in [0.15, 0.2) is 54.6 Å². The highest BCUT2D eigenvalue weighted by Crippen LogP contribution is 2.58. The topological polar surface area (TPSA) is 44.4 Å². The number of nitrogens with zero attached hydrogens (tertiary/aromatic N) is 1. The zero-order valence-electron chi connectivity index (χ0n) is 16.2. The fourth-order valence-electron chi connectivity index (χ4n) is 4.27. The van der Waals surface area contributed by atoms with Gasteiger partial charge in [0, 0.05) is 19.5 Å². The molecule has 1 saturated carbocycles. The molecule has 4 rings (SSSR count). The van der Waals surface area contributed by atoms with Crippen LogP contribution in [0.4, 0.5) is 11.4 Å². The van der Waals surface area contributed by atoms with E-state index in [1.807, 2.05) is 24.3 Å². The summed E-state index contributed by atoms with van der Waals surface area (Å²) in [4.78, 5) is 15.0. The van der Waals surface area contributed by atoms with Gasteiger partial charge in [-0.3, -0.25) is 4.79 Å². The maximum absolute atomic E-state index is 12.8. The number of benzene rings is 2. The third-order valence-electron chi connectivity index (χ3n) is 5.94. The van der Waals surface area contributed by atoms with Gasteiger partial charge in [-0.25, -0.2) is 0 Å². The van der Waals surface area contributed by atoms with Crippen molar-refractivity contribution in [1.82, 2.24) is 5.32 Å². The van der Waals surface area contributed by atoms with E-state index in [1.165, 1.54) is 5.56 Å². The molecule has 2 aromatic carbocycles. The molecule has 28 heavy (non-hydrogen) atoms. The predicted octanol–water partition coefficient (Wildman–Crippen LogP) is 4.49. The van der Waals surface area contributed by atoms with Gasteiger partial charge in [-0.1, -0.05) is 42.5 Å². The van der Waals surface area contributed by atoms with Crippen molar-refractivity contribution in [3.8, 4) is 0 Å². The maximum atomic E-state index is 12.8. The Bertz CT molecular complexity index is 778. The maximum Gasteiger partial charge on any atom is 0.228 e. The van der Waals surface area contributed by atoms with E-state index in [0.717, 1.165) is 50.3 Å². The van der Waals surface area contributed by atoms with Crippen LogP contribution in [-0.4, -0.2) is 26.0 Å². The molecule has 1 aliphatic carbocycles. The summed E-state index contributed by atoms with van der Waals surface area (Å²) in [6, 6.07) is 18.5. The third-order valence-corrected chi connectivity index (χ3v) is 5.94. The number of nitrogens with one attached hydrogen (secondary N) is 2. The summed E-state index contributed by atoms with van der Waals surface area (Å²) in [5, 5.41) is 6.61. The molecule has 1 atom stereocenters. The summed E-state index contributed by atoms with van der Waals surface area (Å²) in [6.07, 6.45) is 3.30. The SMILES string of the molecule is CN(Cc1ccccc1)c1ccccc1NC(=O)C1CC12CCNCC2.Cl.Cl. The van der Waals surface area contributed by atoms with E-state index < -0.39 is 0 Å². The zero-order chi connectivity index (χ0) is 18.0. The molecule has 0 radical (unpaired) electrons. The van der Waals surface area contributed by atoms with Gasteiger partial charge in [-0.15, -0.1) is 24.8 Å². The van der Waals surface area contributed by atoms with Gasteiger partial charge in [0.1, 0.15) is 0 Å². The molecule has 0 bridgehead atoms. The van der Waals surface area contributed by atoms with Crippen molar-refractivity contribution in [1.29, 1.82) is 0 Å². The molecule has 2 fully saturated rings. The fraction of sp³-hybridized carbons (Fsp3) is 0.409. The first kappa shape index (κ1) is 22.5. The lowest BCUT2D eigenvalue weighted by Crippen LogP contribution is -2.31. The first-order chi connectivity index (χ1) is 12.7. The number of para-hydroxylation sites is 2. The molecular formula is C22H29Cl2N3O. The van der Waals surface area contributed by atoms with Crippen molar-refractivity contribution in [3.05, 3.63) is 60.2 Å². The van der Waals surface area contributed by atoms with E-state index >= 15 is 0 Å². The predicted molar refractivity (Wildman–Crippen MR) is 121 cm³/mol. The number of rotatable bonds is 5. The van der Waals surface area contributed by atoms with Gasteiger partial charge in [-0.05, 0) is 55.5 Å². The number of anilines is 2. The van der Waals surface area contributed by atoms with E-state index in [1.54, 1.807) is 0 Å². The Morgan fingerprint density at radius 1 is 1.07 bits per heavy atom. The van der Waals surface area contributed by atoms with Crippen LogP contribution < -0.4 is 15.5 Å². The second-order valence-electron chi connectivity index (χ2n) is 7.72. The van der Waals surface area contributed by atoms with Gasteiger partial charge in [0.25, 0.3) is 0 Å². The van der Waals surface area contributed by atoms with Gasteiger partial charge in [-0.2, -0.15) is 0 Å². The van der Waals surface area contributed by atoms with Gasteiger partial charge < -0.3 is 15.5 Å². The molecule has 6 heteroatoms. The Kier molecular flexibility index (Phi) is 7.76. The summed E-state index contributed by atoms with van der Waals surface area (Å²) in [5.41, 5.74) is 3.49. The molecule has 1 saturated heterocycles. The second-order valence-corrected chi connectivity index (χ2v) is 7.72. The minimum absolute atomic E-state index is 0. The lowest BCUT2D eigenvalue weighted by atomic mass is 9.92. The number of hydrogen-bond donors (Lipinski definition) is 2. The van der Waals surface area contributed by atoms with Gasteiger partial charge >= 0.3 is 0 Å². The molecule has 1 unspecified atom stereocenters. The van der Waals surface area contributed by atoms with Crippen LogP contribution in [0.2, 0.25) is 0 Å². The highest BCUT2D eigenvalue weighted by molar-refractivity contribution is 5.97. The van der Waals surface area contributed by atoms with E-state index in [4.69, 9.17) is 0 Å². The molecule has 2 N–H and O–H groups in total. The van der Waals surface area contributed by atoms with Gasteiger partial charge in [0.2, 0.25) is 5.91 Å². The first-order valence-corrected chi connectivity index (χ1v) is 9.54. The van der Waals surface area contributed by atoms with E-state index in [9.17, 15) is 4.79 Å². The Morgan fingerprint density at radius 2 is 1.71 bits per heavy atom. The first-order valence-electron chi connectivity index (χ1n) is 9.54. The highest BCUT2D eigenvalue weighted by Gasteiger charge is 2.57. The summed E-state index contributed by atoms with van der Waals surface area (Å²) in [5.74, 6) is 0.365. The molecule has 152 valence electrons. The number of halogens is 2. The number of amides is 1. The van der Waals surface area contributed by atoms with Crippen LogP contribution in [0.1, 0.15) is 24.8 Å². The van der Waals surface area contributed by atoms with Crippen LogP contribution in [0, 0.1) is 11.3 Å². The lowest BCUT2D eigenvalue weighted by molar-refractivity contribution is -0.118. The van der Waals surface area contributed by atoms with Crippen LogP contribution >= 0.6 is 24.8 Å². The van der Waals surface area contributed by atoms with Crippen molar-refractivity contribution < 1.29 is 4.79 Å². The van der Waals surface area contributed by atoms with E-state index in [-0.39, 0.29) is 42.1 Å². The molecule has 1 aliphatic heterocycles. The normalized spacial score (nSPS) is 19.1. The number of piperidine rings is 1. The average Bonchev–Trinajstić information content (AvgIpc) is 3.36. The summed E-state index contributed by atoms with van der Waals surface area (Å²) in [6.45, 7) is 2.90. The molecular weight excluding hydrogens is 393 g/mol. The highest BCUT2D eigenvalue weighted by atomic mass is 35.5. The summed E-state index contributed by atoms with van der Waals surface area (Å²) < 4.78 is 0. The summed E-state index contributed by atoms with van der Waals surface area (Å²) >= 11 is 0. The molecule has 1 amide bonds. The monoisotopic (exact) mass is 421 g/mol. The molecule has 2 aliphatic rings. The van der Waals surface area contributed by atoms with E-state index in [2.05, 4.69) is 52.9 Å². The van der Waals surface area contributed by atoms with Gasteiger partial charge in [0.05, 0.1) is 11.4 Å². The molecule has 0 aromatic heterocycles. The lowest BCUT2D eigenvalue weighted by Gasteiger charge is -2.24.